The van der Waals surface area contributed by atoms with Crippen molar-refractivity contribution < 1.29 is 0 Å². The van der Waals surface area contributed by atoms with E-state index in [2.05, 4.69) is 40.6 Å². The van der Waals surface area contributed by atoms with Crippen LogP contribution in [0, 0.1) is 11.3 Å². The van der Waals surface area contributed by atoms with Crippen molar-refractivity contribution in [1.29, 1.82) is 5.26 Å². The zero-order valence-electron chi connectivity index (χ0n) is 12.6. The Morgan fingerprint density at radius 3 is 2.30 bits per heavy atom. The molecule has 0 spiro atoms. The maximum atomic E-state index is 8.96. The molecule has 0 aliphatic heterocycles. The second kappa shape index (κ2) is 6.99. The molecule has 0 bridgehead atoms. The number of benzene rings is 2. The number of hydrogen-bond donors (Lipinski definition) is 1. The number of nitrogen functional groups attached to an aromatic ring is 1. The number of nitrogens with two attached hydrogens (primary N) is 1. The van der Waals surface area contributed by atoms with Crippen molar-refractivity contribution in [2.75, 3.05) is 10.6 Å². The van der Waals surface area contributed by atoms with E-state index in [4.69, 9.17) is 11.0 Å². The highest BCUT2D eigenvalue weighted by Crippen LogP contribution is 2.23. The number of thiophene rings is 1. The molecule has 1 heterocycles. The van der Waals surface area contributed by atoms with Crippen molar-refractivity contribution in [1.82, 2.24) is 0 Å². The smallest absolute Gasteiger partial charge is 0.0991 e. The monoisotopic (exact) mass is 319 g/mol. The standard InChI is InChI=1S/C19H17N3S/c20-12-15-5-9-18(10-6-15)22(14-19-2-1-11-23-19)13-16-3-7-17(21)8-4-16/h1-11H,13-14,21H2. The molecule has 0 saturated carbocycles. The normalized spacial score (nSPS) is 10.2. The van der Waals surface area contributed by atoms with Crippen LogP contribution in [0.15, 0.2) is 66.0 Å². The third-order valence-electron chi connectivity index (χ3n) is 3.64. The molecule has 0 radical (unpaired) electrons. The number of nitriles is 1. The Morgan fingerprint density at radius 1 is 0.957 bits per heavy atom. The van der Waals surface area contributed by atoms with E-state index in [1.165, 1.54) is 10.4 Å². The summed E-state index contributed by atoms with van der Waals surface area (Å²) >= 11 is 1.75. The minimum absolute atomic E-state index is 0.678. The van der Waals surface area contributed by atoms with Gasteiger partial charge in [0.2, 0.25) is 0 Å². The van der Waals surface area contributed by atoms with Gasteiger partial charge in [-0.2, -0.15) is 5.26 Å². The molecule has 3 rings (SSSR count). The van der Waals surface area contributed by atoms with Gasteiger partial charge in [-0.25, -0.2) is 0 Å². The molecule has 2 N–H and O–H groups in total. The van der Waals surface area contributed by atoms with Crippen LogP contribution in [-0.4, -0.2) is 0 Å². The molecule has 114 valence electrons. The van der Waals surface area contributed by atoms with Crippen molar-refractivity contribution in [3.63, 3.8) is 0 Å². The van der Waals surface area contributed by atoms with Gasteiger partial charge in [-0.15, -0.1) is 11.3 Å². The molecule has 3 aromatic rings. The van der Waals surface area contributed by atoms with Crippen LogP contribution >= 0.6 is 11.3 Å². The quantitative estimate of drug-likeness (QED) is 0.709. The summed E-state index contributed by atoms with van der Waals surface area (Å²) < 4.78 is 0. The Labute approximate surface area is 140 Å². The molecule has 1 aromatic heterocycles. The number of rotatable bonds is 5. The van der Waals surface area contributed by atoms with E-state index in [0.29, 0.717) is 5.56 Å². The summed E-state index contributed by atoms with van der Waals surface area (Å²) in [6, 6.07) is 22.1. The van der Waals surface area contributed by atoms with Crippen LogP contribution in [0.3, 0.4) is 0 Å². The number of anilines is 2. The Kier molecular flexibility index (Phi) is 4.60. The zero-order chi connectivity index (χ0) is 16.1. The maximum Gasteiger partial charge on any atom is 0.0991 e. The molecule has 0 aliphatic rings. The zero-order valence-corrected chi connectivity index (χ0v) is 13.5. The van der Waals surface area contributed by atoms with E-state index < -0.39 is 0 Å². The lowest BCUT2D eigenvalue weighted by molar-refractivity contribution is 0.809. The third-order valence-corrected chi connectivity index (χ3v) is 4.50. The van der Waals surface area contributed by atoms with Gasteiger partial charge in [-0.1, -0.05) is 18.2 Å². The van der Waals surface area contributed by atoms with Gasteiger partial charge in [-0.3, -0.25) is 0 Å². The van der Waals surface area contributed by atoms with Crippen molar-refractivity contribution in [2.24, 2.45) is 0 Å². The van der Waals surface area contributed by atoms with Crippen molar-refractivity contribution in [2.45, 2.75) is 13.1 Å². The van der Waals surface area contributed by atoms with Crippen LogP contribution in [0.5, 0.6) is 0 Å². The molecular formula is C19H17N3S. The Morgan fingerprint density at radius 2 is 1.70 bits per heavy atom. The molecule has 0 amide bonds. The van der Waals surface area contributed by atoms with Crippen LogP contribution in [0.4, 0.5) is 11.4 Å². The molecule has 23 heavy (non-hydrogen) atoms. The SMILES string of the molecule is N#Cc1ccc(N(Cc2ccc(N)cc2)Cc2cccs2)cc1. The Bertz CT molecular complexity index is 784. The third kappa shape index (κ3) is 3.91. The Balaban J connectivity index is 1.85. The van der Waals surface area contributed by atoms with Gasteiger partial charge in [0.05, 0.1) is 18.2 Å². The lowest BCUT2D eigenvalue weighted by Gasteiger charge is -2.24. The van der Waals surface area contributed by atoms with Gasteiger partial charge >= 0.3 is 0 Å². The van der Waals surface area contributed by atoms with E-state index >= 15 is 0 Å². The van der Waals surface area contributed by atoms with Gasteiger partial charge in [0, 0.05) is 22.8 Å². The predicted octanol–water partition coefficient (Wildman–Crippen LogP) is 4.41. The molecule has 0 fully saturated rings. The summed E-state index contributed by atoms with van der Waals surface area (Å²) in [5.74, 6) is 0. The first-order valence-corrected chi connectivity index (χ1v) is 8.24. The minimum Gasteiger partial charge on any atom is -0.399 e. The second-order valence-corrected chi connectivity index (χ2v) is 6.37. The fraction of sp³-hybridized carbons (Fsp3) is 0.105. The van der Waals surface area contributed by atoms with E-state index in [1.807, 2.05) is 36.4 Å². The van der Waals surface area contributed by atoms with E-state index in [0.717, 1.165) is 24.5 Å². The molecule has 0 saturated heterocycles. The highest BCUT2D eigenvalue weighted by molar-refractivity contribution is 7.09. The van der Waals surface area contributed by atoms with Crippen molar-refractivity contribution in [3.05, 3.63) is 82.0 Å². The largest absolute Gasteiger partial charge is 0.399 e. The lowest BCUT2D eigenvalue weighted by Crippen LogP contribution is -2.21. The van der Waals surface area contributed by atoms with Crippen LogP contribution in [0.25, 0.3) is 0 Å². The average Bonchev–Trinajstić information content (AvgIpc) is 3.09. The summed E-state index contributed by atoms with van der Waals surface area (Å²) in [6.45, 7) is 1.64. The lowest BCUT2D eigenvalue weighted by atomic mass is 10.1. The highest BCUT2D eigenvalue weighted by Gasteiger charge is 2.09. The summed E-state index contributed by atoms with van der Waals surface area (Å²) in [4.78, 5) is 3.61. The molecule has 4 heteroatoms. The highest BCUT2D eigenvalue weighted by atomic mass is 32.1. The first kappa shape index (κ1) is 15.1. The van der Waals surface area contributed by atoms with Crippen molar-refractivity contribution >= 4 is 22.7 Å². The molecule has 2 aromatic carbocycles. The molecule has 0 aliphatic carbocycles. The van der Waals surface area contributed by atoms with Crippen LogP contribution in [0.1, 0.15) is 16.0 Å². The molecular weight excluding hydrogens is 302 g/mol. The van der Waals surface area contributed by atoms with Gasteiger partial charge in [0.25, 0.3) is 0 Å². The van der Waals surface area contributed by atoms with Crippen LogP contribution in [0.2, 0.25) is 0 Å². The summed E-state index contributed by atoms with van der Waals surface area (Å²) in [6.07, 6.45) is 0. The second-order valence-electron chi connectivity index (χ2n) is 5.34. The van der Waals surface area contributed by atoms with Crippen LogP contribution in [-0.2, 0) is 13.1 Å². The van der Waals surface area contributed by atoms with Crippen molar-refractivity contribution in [3.8, 4) is 6.07 Å². The number of hydrogen-bond acceptors (Lipinski definition) is 4. The first-order chi connectivity index (χ1) is 11.2. The van der Waals surface area contributed by atoms with E-state index in [1.54, 1.807) is 11.3 Å². The Hall–Kier alpha value is -2.77. The maximum absolute atomic E-state index is 8.96. The van der Waals surface area contributed by atoms with Gasteiger partial charge in [0.1, 0.15) is 0 Å². The summed E-state index contributed by atoms with van der Waals surface area (Å²) in [7, 11) is 0. The van der Waals surface area contributed by atoms with E-state index in [-0.39, 0.29) is 0 Å². The predicted molar refractivity (Wildman–Crippen MR) is 96.2 cm³/mol. The van der Waals surface area contributed by atoms with Gasteiger partial charge < -0.3 is 10.6 Å². The first-order valence-electron chi connectivity index (χ1n) is 7.36. The fourth-order valence-corrected chi connectivity index (χ4v) is 3.14. The fourth-order valence-electron chi connectivity index (χ4n) is 2.42. The number of nitrogens with zero attached hydrogens (tertiary/aromatic N) is 2. The van der Waals surface area contributed by atoms with Gasteiger partial charge in [0.15, 0.2) is 0 Å². The summed E-state index contributed by atoms with van der Waals surface area (Å²) in [5.41, 5.74) is 9.53. The molecule has 3 nitrogen and oxygen atoms in total. The minimum atomic E-state index is 0.678. The van der Waals surface area contributed by atoms with Crippen LogP contribution < -0.4 is 10.6 Å². The average molecular weight is 319 g/mol. The van der Waals surface area contributed by atoms with Gasteiger partial charge in [-0.05, 0) is 53.4 Å². The van der Waals surface area contributed by atoms with E-state index in [9.17, 15) is 0 Å². The molecule has 0 atom stereocenters. The summed E-state index contributed by atoms with van der Waals surface area (Å²) in [5, 5.41) is 11.1. The molecule has 0 unspecified atom stereocenters. The topological polar surface area (TPSA) is 53.0 Å².